The number of nitrogens with zero attached hydrogens (tertiary/aromatic N) is 5. The monoisotopic (exact) mass is 278 g/mol. The summed E-state index contributed by atoms with van der Waals surface area (Å²) >= 11 is 0. The second kappa shape index (κ2) is 6.15. The summed E-state index contributed by atoms with van der Waals surface area (Å²) in [6.07, 6.45) is 0. The van der Waals surface area contributed by atoms with Crippen molar-refractivity contribution in [3.8, 4) is 11.9 Å². The summed E-state index contributed by atoms with van der Waals surface area (Å²) < 4.78 is 5.49. The molecule has 0 fully saturated rings. The summed E-state index contributed by atoms with van der Waals surface area (Å²) in [5.74, 6) is 6.50. The normalized spacial score (nSPS) is 10.4. The summed E-state index contributed by atoms with van der Waals surface area (Å²) in [5.41, 5.74) is 3.29. The number of aromatic amines is 1. The van der Waals surface area contributed by atoms with Crippen LogP contribution in [-0.2, 0) is 0 Å². The minimum Gasteiger partial charge on any atom is -0.403 e. The third-order valence-electron chi connectivity index (χ3n) is 2.66. The number of hydrogen-bond donors (Lipinski definition) is 3. The Labute approximate surface area is 116 Å². The molecule has 0 aliphatic rings. The first-order valence-corrected chi connectivity index (χ1v) is 6.33. The summed E-state index contributed by atoms with van der Waals surface area (Å²) in [4.78, 5) is 14.5. The summed E-state index contributed by atoms with van der Waals surface area (Å²) in [6.45, 7) is 7.44. The highest BCUT2D eigenvalue weighted by atomic mass is 16.5. The smallest absolute Gasteiger partial charge is 0.330 e. The summed E-state index contributed by atoms with van der Waals surface area (Å²) in [7, 11) is 0. The molecular formula is C11H18N8O. The van der Waals surface area contributed by atoms with Crippen LogP contribution in [0, 0.1) is 6.92 Å². The third-order valence-corrected chi connectivity index (χ3v) is 2.66. The van der Waals surface area contributed by atoms with Gasteiger partial charge in [-0.05, 0) is 20.8 Å². The summed E-state index contributed by atoms with van der Waals surface area (Å²) in [6, 6.07) is 1.89. The molecule has 0 aromatic carbocycles. The minimum absolute atomic E-state index is 0.140. The first kappa shape index (κ1) is 14.0. The molecule has 0 spiro atoms. The maximum atomic E-state index is 5.49. The Morgan fingerprint density at radius 2 is 2.05 bits per heavy atom. The lowest BCUT2D eigenvalue weighted by atomic mass is 10.5. The number of nitrogens with two attached hydrogens (primary N) is 1. The highest BCUT2D eigenvalue weighted by Gasteiger charge is 2.13. The molecule has 0 bridgehead atoms. The Kier molecular flexibility index (Phi) is 4.31. The zero-order valence-electron chi connectivity index (χ0n) is 11.7. The van der Waals surface area contributed by atoms with E-state index < -0.39 is 0 Å². The van der Waals surface area contributed by atoms with Crippen LogP contribution in [0.3, 0.4) is 0 Å². The number of nitrogen functional groups attached to an aromatic ring is 1. The first-order valence-electron chi connectivity index (χ1n) is 6.33. The van der Waals surface area contributed by atoms with Gasteiger partial charge in [0.2, 0.25) is 17.8 Å². The van der Waals surface area contributed by atoms with Crippen LogP contribution < -0.4 is 20.9 Å². The van der Waals surface area contributed by atoms with E-state index in [9.17, 15) is 0 Å². The second-order valence-corrected chi connectivity index (χ2v) is 4.05. The van der Waals surface area contributed by atoms with Gasteiger partial charge in [0.15, 0.2) is 0 Å². The molecular weight excluding hydrogens is 260 g/mol. The molecule has 2 heterocycles. The van der Waals surface area contributed by atoms with Crippen LogP contribution in [0.25, 0.3) is 0 Å². The molecule has 108 valence electrons. The Morgan fingerprint density at radius 1 is 1.30 bits per heavy atom. The summed E-state index contributed by atoms with van der Waals surface area (Å²) in [5, 5.41) is 6.75. The molecule has 4 N–H and O–H groups in total. The van der Waals surface area contributed by atoms with Crippen molar-refractivity contribution in [2.24, 2.45) is 5.84 Å². The van der Waals surface area contributed by atoms with Gasteiger partial charge in [-0.15, -0.1) is 5.10 Å². The predicted octanol–water partition coefficient (Wildman–Crippen LogP) is 0.827. The standard InChI is InChI=1S/C11H18N8O/c1-4-19(5-2)10-13-9(16-12)14-11(15-10)20-8-6-7(3)17-18-8/h6H,4-5,12H2,1-3H3,(H,17,18)(H,13,14,15,16). The molecule has 0 atom stereocenters. The van der Waals surface area contributed by atoms with Gasteiger partial charge in [-0.3, -0.25) is 10.5 Å². The minimum atomic E-state index is 0.140. The van der Waals surface area contributed by atoms with E-state index in [1.165, 1.54) is 0 Å². The van der Waals surface area contributed by atoms with Gasteiger partial charge in [-0.25, -0.2) is 5.84 Å². The molecule has 2 rings (SSSR count). The number of H-pyrrole nitrogens is 1. The van der Waals surface area contributed by atoms with Crippen molar-refractivity contribution in [1.29, 1.82) is 0 Å². The Hall–Kier alpha value is -2.42. The Morgan fingerprint density at radius 3 is 2.60 bits per heavy atom. The average molecular weight is 278 g/mol. The quantitative estimate of drug-likeness (QED) is 0.525. The van der Waals surface area contributed by atoms with Gasteiger partial charge in [0.1, 0.15) is 0 Å². The van der Waals surface area contributed by atoms with Gasteiger partial charge >= 0.3 is 6.01 Å². The van der Waals surface area contributed by atoms with Crippen molar-refractivity contribution < 1.29 is 4.74 Å². The molecule has 2 aromatic heterocycles. The van der Waals surface area contributed by atoms with Gasteiger partial charge in [0.05, 0.1) is 0 Å². The number of ether oxygens (including phenoxy) is 1. The number of hydrogen-bond acceptors (Lipinski definition) is 8. The highest BCUT2D eigenvalue weighted by molar-refractivity contribution is 5.38. The first-order chi connectivity index (χ1) is 9.66. The van der Waals surface area contributed by atoms with E-state index in [0.29, 0.717) is 11.8 Å². The molecule has 0 amide bonds. The van der Waals surface area contributed by atoms with E-state index in [1.807, 2.05) is 25.7 Å². The molecule has 0 aliphatic carbocycles. The molecule has 9 nitrogen and oxygen atoms in total. The second-order valence-electron chi connectivity index (χ2n) is 4.05. The van der Waals surface area contributed by atoms with Crippen molar-refractivity contribution >= 4 is 11.9 Å². The number of nitrogens with one attached hydrogen (secondary N) is 2. The molecule has 2 aromatic rings. The fourth-order valence-corrected chi connectivity index (χ4v) is 1.64. The van der Waals surface area contributed by atoms with Gasteiger partial charge < -0.3 is 9.64 Å². The van der Waals surface area contributed by atoms with E-state index in [1.54, 1.807) is 6.07 Å². The average Bonchev–Trinajstić information content (AvgIpc) is 2.85. The van der Waals surface area contributed by atoms with Crippen LogP contribution in [-0.4, -0.2) is 38.2 Å². The number of hydrazine groups is 1. The van der Waals surface area contributed by atoms with Gasteiger partial charge in [0.25, 0.3) is 0 Å². The van der Waals surface area contributed by atoms with Crippen LogP contribution >= 0.6 is 0 Å². The van der Waals surface area contributed by atoms with E-state index in [0.717, 1.165) is 18.8 Å². The Balaban J connectivity index is 2.29. The number of anilines is 2. The van der Waals surface area contributed by atoms with Gasteiger partial charge in [-0.2, -0.15) is 15.0 Å². The van der Waals surface area contributed by atoms with Crippen molar-refractivity contribution in [1.82, 2.24) is 25.1 Å². The predicted molar refractivity (Wildman–Crippen MR) is 74.6 cm³/mol. The molecule has 0 saturated carbocycles. The lowest BCUT2D eigenvalue weighted by Gasteiger charge is -2.18. The number of aryl methyl sites for hydroxylation is 1. The van der Waals surface area contributed by atoms with E-state index in [4.69, 9.17) is 10.6 Å². The van der Waals surface area contributed by atoms with Gasteiger partial charge in [0, 0.05) is 24.8 Å². The van der Waals surface area contributed by atoms with Crippen molar-refractivity contribution in [2.45, 2.75) is 20.8 Å². The molecule has 9 heteroatoms. The zero-order chi connectivity index (χ0) is 14.5. The van der Waals surface area contributed by atoms with Crippen LogP contribution in [0.1, 0.15) is 19.5 Å². The zero-order valence-corrected chi connectivity index (χ0v) is 11.7. The van der Waals surface area contributed by atoms with E-state index in [-0.39, 0.29) is 12.0 Å². The number of rotatable bonds is 6. The fraction of sp³-hybridized carbons (Fsp3) is 0.455. The lowest BCUT2D eigenvalue weighted by Crippen LogP contribution is -2.25. The largest absolute Gasteiger partial charge is 0.403 e. The molecule has 0 unspecified atom stereocenters. The SMILES string of the molecule is CCN(CC)c1nc(NN)nc(Oc2cc(C)[nH]n2)n1. The van der Waals surface area contributed by atoms with Crippen molar-refractivity contribution in [3.05, 3.63) is 11.8 Å². The molecule has 0 radical (unpaired) electrons. The van der Waals surface area contributed by atoms with Crippen molar-refractivity contribution in [3.63, 3.8) is 0 Å². The van der Waals surface area contributed by atoms with Crippen molar-refractivity contribution in [2.75, 3.05) is 23.4 Å². The van der Waals surface area contributed by atoms with Gasteiger partial charge in [-0.1, -0.05) is 0 Å². The number of aromatic nitrogens is 5. The van der Waals surface area contributed by atoms with E-state index >= 15 is 0 Å². The van der Waals surface area contributed by atoms with Crippen LogP contribution in [0.5, 0.6) is 11.9 Å². The third kappa shape index (κ3) is 3.12. The van der Waals surface area contributed by atoms with E-state index in [2.05, 4.69) is 30.6 Å². The molecule has 20 heavy (non-hydrogen) atoms. The highest BCUT2D eigenvalue weighted by Crippen LogP contribution is 2.19. The molecule has 0 aliphatic heterocycles. The fourth-order valence-electron chi connectivity index (χ4n) is 1.64. The Bertz CT molecular complexity index is 565. The van der Waals surface area contributed by atoms with Crippen LogP contribution in [0.4, 0.5) is 11.9 Å². The van der Waals surface area contributed by atoms with Crippen LogP contribution in [0.15, 0.2) is 6.07 Å². The topological polar surface area (TPSA) is 118 Å². The maximum absolute atomic E-state index is 5.49. The van der Waals surface area contributed by atoms with Crippen LogP contribution in [0.2, 0.25) is 0 Å². The lowest BCUT2D eigenvalue weighted by molar-refractivity contribution is 0.422. The molecule has 0 saturated heterocycles. The maximum Gasteiger partial charge on any atom is 0.330 e.